The Balaban J connectivity index is 2.35. The van der Waals surface area contributed by atoms with Gasteiger partial charge in [-0.3, -0.25) is 4.57 Å². The van der Waals surface area contributed by atoms with Gasteiger partial charge in [0, 0.05) is 26.8 Å². The molecule has 1 N–H and O–H groups in total. The molecule has 0 amide bonds. The van der Waals surface area contributed by atoms with E-state index in [0.717, 1.165) is 0 Å². The summed E-state index contributed by atoms with van der Waals surface area (Å²) in [5.41, 5.74) is 0.777. The van der Waals surface area contributed by atoms with Gasteiger partial charge in [0.25, 0.3) is 0 Å². The number of fused-ring (bicyclic) bond motifs is 1. The van der Waals surface area contributed by atoms with E-state index in [-0.39, 0.29) is 23.1 Å². The van der Waals surface area contributed by atoms with Gasteiger partial charge in [-0.15, -0.1) is 0 Å². The molecule has 0 aliphatic heterocycles. The first-order valence-electron chi connectivity index (χ1n) is 5.97. The standard InChI is InChI=1S/C12H16N2O5S/c1-8(18-3)7-13-20(16,17)9-4-5-10-11(6-9)19-12(15)14(10)2/h4-6,8,13H,7H2,1-3H3. The van der Waals surface area contributed by atoms with Crippen LogP contribution in [0.2, 0.25) is 0 Å². The van der Waals surface area contributed by atoms with Crippen LogP contribution >= 0.6 is 0 Å². The first-order chi connectivity index (χ1) is 9.35. The van der Waals surface area contributed by atoms with Gasteiger partial charge in [-0.25, -0.2) is 17.9 Å². The third-order valence-corrected chi connectivity index (χ3v) is 4.46. The molecule has 1 aromatic heterocycles. The molecule has 0 fully saturated rings. The van der Waals surface area contributed by atoms with Crippen molar-refractivity contribution in [2.24, 2.45) is 7.05 Å². The zero-order valence-corrected chi connectivity index (χ0v) is 12.2. The van der Waals surface area contributed by atoms with Crippen molar-refractivity contribution in [1.82, 2.24) is 9.29 Å². The van der Waals surface area contributed by atoms with E-state index in [1.165, 1.54) is 29.9 Å². The van der Waals surface area contributed by atoms with Crippen molar-refractivity contribution in [2.45, 2.75) is 17.9 Å². The molecule has 1 heterocycles. The molecule has 2 rings (SSSR count). The van der Waals surface area contributed by atoms with Crippen molar-refractivity contribution >= 4 is 21.1 Å². The van der Waals surface area contributed by atoms with Gasteiger partial charge in [0.2, 0.25) is 10.0 Å². The van der Waals surface area contributed by atoms with E-state index in [1.807, 2.05) is 0 Å². The highest BCUT2D eigenvalue weighted by atomic mass is 32.2. The summed E-state index contributed by atoms with van der Waals surface area (Å²) in [6, 6.07) is 4.29. The highest BCUT2D eigenvalue weighted by Gasteiger charge is 2.17. The second kappa shape index (κ2) is 5.39. The van der Waals surface area contributed by atoms with Crippen LogP contribution < -0.4 is 10.5 Å². The lowest BCUT2D eigenvalue weighted by molar-refractivity contribution is 0.122. The zero-order valence-electron chi connectivity index (χ0n) is 11.4. The molecule has 8 heteroatoms. The van der Waals surface area contributed by atoms with Crippen molar-refractivity contribution in [2.75, 3.05) is 13.7 Å². The molecular formula is C12H16N2O5S. The number of oxazole rings is 1. The normalized spacial score (nSPS) is 13.8. The van der Waals surface area contributed by atoms with Crippen LogP contribution in [-0.2, 0) is 21.8 Å². The SMILES string of the molecule is COC(C)CNS(=O)(=O)c1ccc2c(c1)oc(=O)n2C. The molecule has 1 aromatic carbocycles. The number of hydrogen-bond acceptors (Lipinski definition) is 5. The first-order valence-corrected chi connectivity index (χ1v) is 7.45. The first kappa shape index (κ1) is 14.8. The molecule has 2 aromatic rings. The molecule has 1 atom stereocenters. The summed E-state index contributed by atoms with van der Waals surface area (Å²) < 4.78 is 37.9. The fraction of sp³-hybridized carbons (Fsp3) is 0.417. The third-order valence-electron chi connectivity index (χ3n) is 3.04. The number of sulfonamides is 1. The molecule has 7 nitrogen and oxygen atoms in total. The van der Waals surface area contributed by atoms with Gasteiger partial charge in [0.1, 0.15) is 0 Å². The fourth-order valence-electron chi connectivity index (χ4n) is 1.68. The van der Waals surface area contributed by atoms with Crippen LogP contribution in [-0.4, -0.2) is 32.7 Å². The van der Waals surface area contributed by atoms with Gasteiger partial charge in [-0.1, -0.05) is 0 Å². The van der Waals surface area contributed by atoms with Crippen molar-refractivity contribution in [3.05, 3.63) is 28.7 Å². The second-order valence-electron chi connectivity index (χ2n) is 4.45. The maximum atomic E-state index is 12.1. The van der Waals surface area contributed by atoms with Crippen LogP contribution in [0.25, 0.3) is 11.1 Å². The minimum atomic E-state index is -3.66. The van der Waals surface area contributed by atoms with Crippen molar-refractivity contribution in [3.8, 4) is 0 Å². The Kier molecular flexibility index (Phi) is 3.98. The number of nitrogens with zero attached hydrogens (tertiary/aromatic N) is 1. The second-order valence-corrected chi connectivity index (χ2v) is 6.22. The highest BCUT2D eigenvalue weighted by molar-refractivity contribution is 7.89. The van der Waals surface area contributed by atoms with Crippen LogP contribution in [0.4, 0.5) is 0 Å². The Morgan fingerprint density at radius 3 is 2.80 bits per heavy atom. The maximum absolute atomic E-state index is 12.1. The number of aromatic nitrogens is 1. The van der Waals surface area contributed by atoms with Crippen molar-refractivity contribution < 1.29 is 17.6 Å². The number of ether oxygens (including phenoxy) is 1. The van der Waals surface area contributed by atoms with Crippen molar-refractivity contribution in [1.29, 1.82) is 0 Å². The molecule has 0 saturated heterocycles. The number of benzene rings is 1. The lowest BCUT2D eigenvalue weighted by Crippen LogP contribution is -2.31. The summed E-state index contributed by atoms with van der Waals surface area (Å²) in [6.07, 6.45) is -0.233. The highest BCUT2D eigenvalue weighted by Crippen LogP contribution is 2.17. The molecule has 0 aliphatic carbocycles. The van der Waals surface area contributed by atoms with E-state index in [4.69, 9.17) is 9.15 Å². The average molecular weight is 300 g/mol. The number of hydrogen-bond donors (Lipinski definition) is 1. The quantitative estimate of drug-likeness (QED) is 0.865. The third kappa shape index (κ3) is 2.77. The maximum Gasteiger partial charge on any atom is 0.419 e. The van der Waals surface area contributed by atoms with Gasteiger partial charge in [-0.05, 0) is 19.1 Å². The fourth-order valence-corrected chi connectivity index (χ4v) is 2.81. The van der Waals surface area contributed by atoms with E-state index in [9.17, 15) is 13.2 Å². The minimum Gasteiger partial charge on any atom is -0.408 e. The monoisotopic (exact) mass is 300 g/mol. The molecular weight excluding hydrogens is 284 g/mol. The summed E-state index contributed by atoms with van der Waals surface area (Å²) >= 11 is 0. The molecule has 0 saturated carbocycles. The predicted molar refractivity (Wildman–Crippen MR) is 73.1 cm³/mol. The smallest absolute Gasteiger partial charge is 0.408 e. The molecule has 0 aliphatic rings. The molecule has 1 unspecified atom stereocenters. The van der Waals surface area contributed by atoms with Crippen LogP contribution in [0, 0.1) is 0 Å². The van der Waals surface area contributed by atoms with Crippen LogP contribution in [0.15, 0.2) is 32.3 Å². The average Bonchev–Trinajstić information content (AvgIpc) is 2.71. The minimum absolute atomic E-state index is 0.0441. The summed E-state index contributed by atoms with van der Waals surface area (Å²) in [5, 5.41) is 0. The lowest BCUT2D eigenvalue weighted by Gasteiger charge is -2.11. The van der Waals surface area contributed by atoms with Crippen molar-refractivity contribution in [3.63, 3.8) is 0 Å². The van der Waals surface area contributed by atoms with Gasteiger partial charge in [-0.2, -0.15) is 0 Å². The van der Waals surface area contributed by atoms with E-state index in [2.05, 4.69) is 4.72 Å². The molecule has 0 spiro atoms. The summed E-state index contributed by atoms with van der Waals surface area (Å²) in [6.45, 7) is 1.91. The van der Waals surface area contributed by atoms with Crippen LogP contribution in [0.5, 0.6) is 0 Å². The lowest BCUT2D eigenvalue weighted by atomic mass is 10.3. The number of methoxy groups -OCH3 is 1. The molecule has 110 valence electrons. The van der Waals surface area contributed by atoms with E-state index in [1.54, 1.807) is 14.0 Å². The molecule has 0 bridgehead atoms. The largest absolute Gasteiger partial charge is 0.419 e. The van der Waals surface area contributed by atoms with E-state index < -0.39 is 15.8 Å². The zero-order chi connectivity index (χ0) is 14.9. The topological polar surface area (TPSA) is 90.5 Å². The summed E-state index contributed by atoms with van der Waals surface area (Å²) in [4.78, 5) is 11.4. The number of rotatable bonds is 5. The van der Waals surface area contributed by atoms with Gasteiger partial charge < -0.3 is 9.15 Å². The Morgan fingerprint density at radius 2 is 2.15 bits per heavy atom. The Bertz CT molecular complexity index is 775. The number of aryl methyl sites for hydroxylation is 1. The Labute approximate surface area is 116 Å². The molecule has 0 radical (unpaired) electrons. The van der Waals surface area contributed by atoms with Gasteiger partial charge in [0.15, 0.2) is 5.58 Å². The van der Waals surface area contributed by atoms with E-state index in [0.29, 0.717) is 5.52 Å². The van der Waals surface area contributed by atoms with Gasteiger partial charge in [0.05, 0.1) is 16.5 Å². The number of nitrogens with one attached hydrogen (secondary N) is 1. The summed E-state index contributed by atoms with van der Waals surface area (Å²) in [7, 11) is -0.602. The Hall–Kier alpha value is -1.64. The van der Waals surface area contributed by atoms with Crippen LogP contribution in [0.1, 0.15) is 6.92 Å². The van der Waals surface area contributed by atoms with E-state index >= 15 is 0 Å². The van der Waals surface area contributed by atoms with Crippen LogP contribution in [0.3, 0.4) is 0 Å². The summed E-state index contributed by atoms with van der Waals surface area (Å²) in [5.74, 6) is -0.532. The molecule has 20 heavy (non-hydrogen) atoms. The Morgan fingerprint density at radius 1 is 1.45 bits per heavy atom. The predicted octanol–water partition coefficient (Wildman–Crippen LogP) is 0.445. The van der Waals surface area contributed by atoms with Gasteiger partial charge >= 0.3 is 5.76 Å².